The molecule has 0 bridgehead atoms. The Labute approximate surface area is 181 Å². The third-order valence-electron chi connectivity index (χ3n) is 4.13. The summed E-state index contributed by atoms with van der Waals surface area (Å²) in [7, 11) is 1.25. The molecule has 3 aromatic carbocycles. The monoisotopic (exact) mass is 531 g/mol. The van der Waals surface area contributed by atoms with Gasteiger partial charge in [-0.25, -0.2) is 0 Å². The number of rotatable bonds is 4. The number of carbonyl (C=O) groups excluding carboxylic acids is 1. The molecule has 0 spiro atoms. The fraction of sp³-hybridized carbons (Fsp3) is 0.136. The molecule has 0 unspecified atom stereocenters. The van der Waals surface area contributed by atoms with Gasteiger partial charge in [-0.3, -0.25) is 4.79 Å². The zero-order chi connectivity index (χ0) is 19.6. The van der Waals surface area contributed by atoms with Gasteiger partial charge in [0.15, 0.2) is 0 Å². The number of nitrogens with one attached hydrogen (secondary N) is 1. The molecule has 2 nitrogen and oxygen atoms in total. The zero-order valence-electron chi connectivity index (χ0n) is 15.1. The van der Waals surface area contributed by atoms with Crippen molar-refractivity contribution in [3.05, 3.63) is 101 Å². The van der Waals surface area contributed by atoms with Crippen molar-refractivity contribution in [3.8, 4) is 0 Å². The van der Waals surface area contributed by atoms with Crippen molar-refractivity contribution in [2.45, 2.75) is 20.3 Å². The number of anilines is 1. The van der Waals surface area contributed by atoms with Crippen LogP contribution in [0.25, 0.3) is 0 Å². The van der Waals surface area contributed by atoms with Crippen LogP contribution in [-0.2, 0) is 17.3 Å². The number of amides is 1. The number of benzene rings is 3. The molecule has 3 rings (SSSR count). The second-order valence-corrected chi connectivity index (χ2v) is 11.1. The van der Waals surface area contributed by atoms with Crippen molar-refractivity contribution in [1.82, 2.24) is 0 Å². The van der Waals surface area contributed by atoms with Crippen molar-refractivity contribution in [1.29, 1.82) is 0 Å². The SMILES string of the molecule is Cc1cc(C)c(Cc2ccccc2)c(NC(=O)c2ccccc2)c1.[Br][Ni][Br]. The molecule has 0 heterocycles. The molecule has 0 fully saturated rings. The van der Waals surface area contributed by atoms with Crippen LogP contribution in [0.15, 0.2) is 72.8 Å². The van der Waals surface area contributed by atoms with Crippen molar-refractivity contribution in [2.24, 2.45) is 0 Å². The van der Waals surface area contributed by atoms with Gasteiger partial charge in [0.25, 0.3) is 5.91 Å². The fourth-order valence-corrected chi connectivity index (χ4v) is 2.93. The van der Waals surface area contributed by atoms with E-state index in [4.69, 9.17) is 0 Å². The maximum atomic E-state index is 12.5. The number of hydrogen-bond donors (Lipinski definition) is 1. The minimum absolute atomic E-state index is 0.0742. The van der Waals surface area contributed by atoms with Crippen LogP contribution in [0.4, 0.5) is 5.69 Å². The Bertz CT molecular complexity index is 870. The Balaban J connectivity index is 0.000000817. The van der Waals surface area contributed by atoms with E-state index in [0.717, 1.165) is 23.2 Å². The van der Waals surface area contributed by atoms with Crippen LogP contribution in [-0.4, -0.2) is 5.91 Å². The topological polar surface area (TPSA) is 29.1 Å². The summed E-state index contributed by atoms with van der Waals surface area (Å²) in [6.45, 7) is 4.15. The van der Waals surface area contributed by atoms with Crippen LogP contribution in [0.5, 0.6) is 0 Å². The number of hydrogen-bond acceptors (Lipinski definition) is 1. The molecule has 0 aliphatic rings. The molecule has 3 aromatic rings. The predicted molar refractivity (Wildman–Crippen MR) is 117 cm³/mol. The normalized spacial score (nSPS) is 10.1. The van der Waals surface area contributed by atoms with Gasteiger partial charge in [0.1, 0.15) is 0 Å². The van der Waals surface area contributed by atoms with Gasteiger partial charge in [0.05, 0.1) is 0 Å². The Morgan fingerprint density at radius 3 is 2.07 bits per heavy atom. The van der Waals surface area contributed by atoms with Gasteiger partial charge in [-0.15, -0.1) is 0 Å². The average Bonchev–Trinajstić information content (AvgIpc) is 2.67. The molecule has 144 valence electrons. The second-order valence-electron chi connectivity index (χ2n) is 6.14. The van der Waals surface area contributed by atoms with Crippen LogP contribution in [0.1, 0.15) is 32.6 Å². The molecule has 1 amide bonds. The number of aryl methyl sites for hydroxylation is 2. The fourth-order valence-electron chi connectivity index (χ4n) is 2.93. The van der Waals surface area contributed by atoms with Gasteiger partial charge in [0.2, 0.25) is 0 Å². The maximum absolute atomic E-state index is 12.5. The zero-order valence-corrected chi connectivity index (χ0v) is 19.3. The number of carbonyl (C=O) groups is 1. The van der Waals surface area contributed by atoms with Crippen molar-refractivity contribution >= 4 is 40.0 Å². The van der Waals surface area contributed by atoms with Crippen LogP contribution < -0.4 is 5.32 Å². The van der Waals surface area contributed by atoms with Gasteiger partial charge in [-0.05, 0) is 60.7 Å². The summed E-state index contributed by atoms with van der Waals surface area (Å²) in [6, 6.07) is 23.9. The molecular formula is C22H21Br2NNiO. The summed E-state index contributed by atoms with van der Waals surface area (Å²) in [5.74, 6) is -0.0742. The Kier molecular flexibility index (Phi) is 9.26. The van der Waals surface area contributed by atoms with E-state index in [2.05, 4.69) is 65.8 Å². The molecule has 0 saturated carbocycles. The van der Waals surface area contributed by atoms with E-state index >= 15 is 0 Å². The summed E-state index contributed by atoms with van der Waals surface area (Å²) in [4.78, 5) is 12.5. The first-order chi connectivity index (χ1) is 13.0. The summed E-state index contributed by atoms with van der Waals surface area (Å²) in [6.07, 6.45) is 0.803. The van der Waals surface area contributed by atoms with E-state index < -0.39 is 0 Å². The minimum atomic E-state index is -0.0742. The van der Waals surface area contributed by atoms with E-state index in [0.29, 0.717) is 5.56 Å². The molecule has 0 aliphatic carbocycles. The van der Waals surface area contributed by atoms with Gasteiger partial charge in [-0.1, -0.05) is 54.6 Å². The van der Waals surface area contributed by atoms with E-state index in [1.54, 1.807) is 0 Å². The molecule has 0 saturated heterocycles. The van der Waals surface area contributed by atoms with Crippen molar-refractivity contribution in [3.63, 3.8) is 0 Å². The Morgan fingerprint density at radius 1 is 0.926 bits per heavy atom. The molecule has 1 N–H and O–H groups in total. The number of halogens is 2. The quantitative estimate of drug-likeness (QED) is 0.366. The van der Waals surface area contributed by atoms with Crippen LogP contribution in [0, 0.1) is 13.8 Å². The van der Waals surface area contributed by atoms with Crippen LogP contribution in [0.2, 0.25) is 0 Å². The van der Waals surface area contributed by atoms with Crippen molar-refractivity contribution in [2.75, 3.05) is 5.32 Å². The molecule has 27 heavy (non-hydrogen) atoms. The first-order valence-corrected chi connectivity index (χ1v) is 13.3. The third-order valence-corrected chi connectivity index (χ3v) is 4.13. The Hall–Kier alpha value is -1.42. The second kappa shape index (κ2) is 11.4. The molecule has 0 radical (unpaired) electrons. The van der Waals surface area contributed by atoms with E-state index in [-0.39, 0.29) is 5.91 Å². The standard InChI is InChI=1S/C22H21NO.2BrH.Ni/c1-16-13-17(2)20(15-18-9-5-3-6-10-18)21(14-16)23-22(24)19-11-7-4-8-12-19;;;/h3-14H,15H2,1-2H3,(H,23,24);2*1H;/q;;;+2/p-2. The summed E-state index contributed by atoms with van der Waals surface area (Å²) < 4.78 is 0. The van der Waals surface area contributed by atoms with Gasteiger partial charge in [0, 0.05) is 11.3 Å². The molecule has 0 aromatic heterocycles. The molecule has 5 heteroatoms. The van der Waals surface area contributed by atoms with E-state index in [1.807, 2.05) is 54.6 Å². The van der Waals surface area contributed by atoms with Gasteiger partial charge >= 0.3 is 39.3 Å². The third kappa shape index (κ3) is 6.91. The van der Waals surface area contributed by atoms with Crippen LogP contribution in [0.3, 0.4) is 0 Å². The summed E-state index contributed by atoms with van der Waals surface area (Å²) in [5.41, 5.74) is 6.30. The van der Waals surface area contributed by atoms with Gasteiger partial charge < -0.3 is 5.32 Å². The average molecular weight is 534 g/mol. The van der Waals surface area contributed by atoms with E-state index in [1.165, 1.54) is 22.0 Å². The summed E-state index contributed by atoms with van der Waals surface area (Å²) in [5, 5.41) is 3.09. The predicted octanol–water partition coefficient (Wildman–Crippen LogP) is 6.84. The first-order valence-electron chi connectivity index (χ1n) is 8.38. The van der Waals surface area contributed by atoms with Crippen LogP contribution >= 0.6 is 28.5 Å². The first kappa shape index (κ1) is 21.9. The molecule has 0 atom stereocenters. The van der Waals surface area contributed by atoms with Crippen molar-refractivity contribution < 1.29 is 15.7 Å². The molecular weight excluding hydrogens is 513 g/mol. The van der Waals surface area contributed by atoms with Gasteiger partial charge in [-0.2, -0.15) is 0 Å². The Morgan fingerprint density at radius 2 is 1.48 bits per heavy atom. The molecule has 0 aliphatic heterocycles. The summed E-state index contributed by atoms with van der Waals surface area (Å²) >= 11 is 6.00. The van der Waals surface area contributed by atoms with E-state index in [9.17, 15) is 4.79 Å².